The maximum atomic E-state index is 5.28. The minimum absolute atomic E-state index is 0.547. The molecule has 1 fully saturated rings. The van der Waals surface area contributed by atoms with Crippen LogP contribution in [0.15, 0.2) is 6.33 Å². The molecule has 0 N–H and O–H groups in total. The fourth-order valence-corrected chi connectivity index (χ4v) is 1.63. The lowest BCUT2D eigenvalue weighted by atomic mass is 10.00. The molecule has 0 aromatic carbocycles. The molecule has 1 aromatic rings. The Morgan fingerprint density at radius 3 is 2.83 bits per heavy atom. The van der Waals surface area contributed by atoms with Gasteiger partial charge in [0.25, 0.3) is 0 Å². The predicted molar refractivity (Wildman–Crippen MR) is 43.8 cm³/mol. The van der Waals surface area contributed by atoms with Crippen LogP contribution < -0.4 is 0 Å². The maximum absolute atomic E-state index is 5.28. The van der Waals surface area contributed by atoms with Crippen molar-refractivity contribution in [2.45, 2.75) is 18.8 Å². The van der Waals surface area contributed by atoms with Crippen molar-refractivity contribution in [1.29, 1.82) is 0 Å². The Morgan fingerprint density at radius 2 is 2.25 bits per heavy atom. The van der Waals surface area contributed by atoms with Gasteiger partial charge in [-0.15, -0.1) is 0 Å². The third-order valence-corrected chi connectivity index (χ3v) is 2.33. The molecule has 0 saturated carbocycles. The zero-order valence-corrected chi connectivity index (χ0v) is 7.23. The second kappa shape index (κ2) is 3.23. The number of nitrogens with zero attached hydrogens (tertiary/aromatic N) is 3. The van der Waals surface area contributed by atoms with E-state index < -0.39 is 0 Å². The molecule has 1 aliphatic rings. The second-order valence-corrected chi connectivity index (χ2v) is 3.13. The van der Waals surface area contributed by atoms with Crippen LogP contribution in [0.3, 0.4) is 0 Å². The molecule has 0 aliphatic carbocycles. The Bertz CT molecular complexity index is 253. The number of hydrogen-bond acceptors (Lipinski definition) is 3. The average molecular weight is 167 g/mol. The summed E-state index contributed by atoms with van der Waals surface area (Å²) >= 11 is 0. The lowest BCUT2D eigenvalue weighted by Gasteiger charge is -2.20. The zero-order chi connectivity index (χ0) is 8.39. The Kier molecular flexibility index (Phi) is 2.08. The van der Waals surface area contributed by atoms with E-state index in [1.54, 1.807) is 6.33 Å². The van der Waals surface area contributed by atoms with Crippen LogP contribution in [0.25, 0.3) is 0 Å². The second-order valence-electron chi connectivity index (χ2n) is 3.13. The van der Waals surface area contributed by atoms with Gasteiger partial charge in [-0.3, -0.25) is 4.68 Å². The Labute approximate surface area is 71.6 Å². The monoisotopic (exact) mass is 167 g/mol. The molecule has 12 heavy (non-hydrogen) atoms. The summed E-state index contributed by atoms with van der Waals surface area (Å²) in [4.78, 5) is 4.24. The molecule has 0 spiro atoms. The van der Waals surface area contributed by atoms with E-state index in [4.69, 9.17) is 4.74 Å². The lowest BCUT2D eigenvalue weighted by Crippen LogP contribution is -2.17. The first kappa shape index (κ1) is 7.73. The fraction of sp³-hybridized carbons (Fsp3) is 0.750. The molecular formula is C8H13N3O. The number of aryl methyl sites for hydroxylation is 1. The van der Waals surface area contributed by atoms with E-state index >= 15 is 0 Å². The van der Waals surface area contributed by atoms with Crippen molar-refractivity contribution in [3.63, 3.8) is 0 Å². The summed E-state index contributed by atoms with van der Waals surface area (Å²) in [7, 11) is 1.94. The third-order valence-electron chi connectivity index (χ3n) is 2.33. The minimum atomic E-state index is 0.547. The molecule has 0 unspecified atom stereocenters. The van der Waals surface area contributed by atoms with Crippen LogP contribution in [0.2, 0.25) is 0 Å². The van der Waals surface area contributed by atoms with Crippen molar-refractivity contribution in [3.8, 4) is 0 Å². The summed E-state index contributed by atoms with van der Waals surface area (Å²) in [5.74, 6) is 1.64. The normalized spacial score (nSPS) is 19.8. The summed E-state index contributed by atoms with van der Waals surface area (Å²) in [6.45, 7) is 1.72. The van der Waals surface area contributed by atoms with Gasteiger partial charge in [-0.1, -0.05) is 0 Å². The highest BCUT2D eigenvalue weighted by atomic mass is 16.5. The zero-order valence-electron chi connectivity index (χ0n) is 7.23. The molecular weight excluding hydrogens is 154 g/mol. The molecule has 1 saturated heterocycles. The summed E-state index contributed by atoms with van der Waals surface area (Å²) < 4.78 is 7.14. The summed E-state index contributed by atoms with van der Waals surface area (Å²) in [5, 5.41) is 4.06. The van der Waals surface area contributed by atoms with Crippen molar-refractivity contribution in [1.82, 2.24) is 14.8 Å². The van der Waals surface area contributed by atoms with Gasteiger partial charge < -0.3 is 4.74 Å². The molecule has 4 nitrogen and oxygen atoms in total. The first-order valence-electron chi connectivity index (χ1n) is 4.29. The molecule has 0 radical (unpaired) electrons. The highest BCUT2D eigenvalue weighted by Gasteiger charge is 2.19. The number of ether oxygens (including phenoxy) is 1. The van der Waals surface area contributed by atoms with Gasteiger partial charge in [-0.2, -0.15) is 5.10 Å². The van der Waals surface area contributed by atoms with E-state index in [1.165, 1.54) is 0 Å². The summed E-state index contributed by atoms with van der Waals surface area (Å²) in [6.07, 6.45) is 3.77. The number of rotatable bonds is 1. The van der Waals surface area contributed by atoms with Crippen LogP contribution in [0.5, 0.6) is 0 Å². The van der Waals surface area contributed by atoms with E-state index in [0.29, 0.717) is 5.92 Å². The first-order chi connectivity index (χ1) is 5.88. The third kappa shape index (κ3) is 1.34. The van der Waals surface area contributed by atoms with Crippen LogP contribution in [-0.2, 0) is 11.8 Å². The van der Waals surface area contributed by atoms with Gasteiger partial charge in [0.15, 0.2) is 0 Å². The maximum Gasteiger partial charge on any atom is 0.138 e. The van der Waals surface area contributed by atoms with Crippen LogP contribution in [0.4, 0.5) is 0 Å². The molecule has 0 bridgehead atoms. The topological polar surface area (TPSA) is 39.9 Å². The SMILES string of the molecule is Cn1ncnc1C1CCOCC1. The van der Waals surface area contributed by atoms with Crippen molar-refractivity contribution in [2.75, 3.05) is 13.2 Å². The van der Waals surface area contributed by atoms with E-state index in [-0.39, 0.29) is 0 Å². The van der Waals surface area contributed by atoms with Gasteiger partial charge in [0.05, 0.1) is 0 Å². The highest BCUT2D eigenvalue weighted by Crippen LogP contribution is 2.23. The van der Waals surface area contributed by atoms with Gasteiger partial charge in [0, 0.05) is 26.2 Å². The lowest BCUT2D eigenvalue weighted by molar-refractivity contribution is 0.0828. The quantitative estimate of drug-likeness (QED) is 0.618. The van der Waals surface area contributed by atoms with Crippen molar-refractivity contribution < 1.29 is 4.74 Å². The van der Waals surface area contributed by atoms with E-state index in [9.17, 15) is 0 Å². The molecule has 0 amide bonds. The minimum Gasteiger partial charge on any atom is -0.381 e. The molecule has 0 atom stereocenters. The fourth-order valence-electron chi connectivity index (χ4n) is 1.63. The number of aromatic nitrogens is 3. The Hall–Kier alpha value is -0.900. The van der Waals surface area contributed by atoms with Crippen LogP contribution in [0, 0.1) is 0 Å². The van der Waals surface area contributed by atoms with Crippen LogP contribution in [0.1, 0.15) is 24.6 Å². The van der Waals surface area contributed by atoms with E-state index in [0.717, 1.165) is 31.9 Å². The van der Waals surface area contributed by atoms with Gasteiger partial charge in [0.2, 0.25) is 0 Å². The molecule has 2 heterocycles. The largest absolute Gasteiger partial charge is 0.381 e. The van der Waals surface area contributed by atoms with Crippen LogP contribution in [-0.4, -0.2) is 28.0 Å². The van der Waals surface area contributed by atoms with E-state index in [1.807, 2.05) is 11.7 Å². The molecule has 1 aliphatic heterocycles. The molecule has 4 heteroatoms. The van der Waals surface area contributed by atoms with Crippen molar-refractivity contribution >= 4 is 0 Å². The molecule has 1 aromatic heterocycles. The number of hydrogen-bond donors (Lipinski definition) is 0. The Morgan fingerprint density at radius 1 is 1.50 bits per heavy atom. The average Bonchev–Trinajstić information content (AvgIpc) is 2.53. The van der Waals surface area contributed by atoms with E-state index in [2.05, 4.69) is 10.1 Å². The summed E-state index contributed by atoms with van der Waals surface area (Å²) in [5.41, 5.74) is 0. The van der Waals surface area contributed by atoms with Gasteiger partial charge in [-0.25, -0.2) is 4.98 Å². The Balaban J connectivity index is 2.13. The highest BCUT2D eigenvalue weighted by molar-refractivity contribution is 4.95. The van der Waals surface area contributed by atoms with Gasteiger partial charge in [-0.05, 0) is 12.8 Å². The van der Waals surface area contributed by atoms with Crippen molar-refractivity contribution in [2.24, 2.45) is 7.05 Å². The van der Waals surface area contributed by atoms with Gasteiger partial charge >= 0.3 is 0 Å². The van der Waals surface area contributed by atoms with Gasteiger partial charge in [0.1, 0.15) is 12.2 Å². The smallest absolute Gasteiger partial charge is 0.138 e. The summed E-state index contributed by atoms with van der Waals surface area (Å²) in [6, 6.07) is 0. The first-order valence-corrected chi connectivity index (χ1v) is 4.29. The standard InChI is InChI=1S/C8H13N3O/c1-11-8(9-6-10-11)7-2-4-12-5-3-7/h6-7H,2-5H2,1H3. The predicted octanol–water partition coefficient (Wildman–Crippen LogP) is 0.709. The molecule has 2 rings (SSSR count). The van der Waals surface area contributed by atoms with Crippen molar-refractivity contribution in [3.05, 3.63) is 12.2 Å². The van der Waals surface area contributed by atoms with Crippen LogP contribution >= 0.6 is 0 Å². The molecule has 66 valence electrons.